The molecule has 0 N–H and O–H groups in total. The van der Waals surface area contributed by atoms with Crippen LogP contribution in [0.4, 0.5) is 5.82 Å². The molecule has 0 fully saturated rings. The maximum atomic E-state index is 12.4. The lowest BCUT2D eigenvalue weighted by Crippen LogP contribution is -2.33. The third-order valence-electron chi connectivity index (χ3n) is 3.38. The van der Waals surface area contributed by atoms with Gasteiger partial charge < -0.3 is 9.80 Å². The largest absolute Gasteiger partial charge is 0.358 e. The molecule has 0 aliphatic heterocycles. The van der Waals surface area contributed by atoms with Gasteiger partial charge in [-0.05, 0) is 31.4 Å². The smallest absolute Gasteiger partial charge is 0.274 e. The van der Waals surface area contributed by atoms with Gasteiger partial charge in [0.05, 0.1) is 0 Å². The van der Waals surface area contributed by atoms with E-state index in [9.17, 15) is 4.79 Å². The van der Waals surface area contributed by atoms with Crippen LogP contribution in [0.15, 0.2) is 12.1 Å². The molecular formula is C16H28N4O. The van der Waals surface area contributed by atoms with Crippen LogP contribution in [0, 0.1) is 0 Å². The fraction of sp³-hybridized carbons (Fsp3) is 0.688. The summed E-state index contributed by atoms with van der Waals surface area (Å²) in [6.45, 7) is 8.81. The molecular weight excluding hydrogens is 264 g/mol. The minimum Gasteiger partial charge on any atom is -0.358 e. The number of nitrogens with zero attached hydrogens (tertiary/aromatic N) is 4. The first kappa shape index (κ1) is 17.4. The van der Waals surface area contributed by atoms with E-state index >= 15 is 0 Å². The van der Waals surface area contributed by atoms with Gasteiger partial charge in [-0.1, -0.05) is 27.2 Å². The lowest BCUT2D eigenvalue weighted by Gasteiger charge is -2.21. The maximum absolute atomic E-state index is 12.4. The molecule has 5 heteroatoms. The van der Waals surface area contributed by atoms with Crippen molar-refractivity contribution in [2.45, 2.75) is 46.5 Å². The number of unbranched alkanes of at least 4 members (excludes halogenated alkanes) is 1. The minimum absolute atomic E-state index is 0.0195. The number of carbonyl (C=O) groups excluding carboxylic acids is 1. The van der Waals surface area contributed by atoms with Crippen LogP contribution in [0.5, 0.6) is 0 Å². The Hall–Kier alpha value is -1.65. The van der Waals surface area contributed by atoms with Crippen molar-refractivity contribution in [1.82, 2.24) is 15.1 Å². The van der Waals surface area contributed by atoms with Crippen molar-refractivity contribution in [1.29, 1.82) is 0 Å². The molecule has 0 bridgehead atoms. The summed E-state index contributed by atoms with van der Waals surface area (Å²) in [6.07, 6.45) is 4.19. The van der Waals surface area contributed by atoms with E-state index in [2.05, 4.69) is 35.9 Å². The Morgan fingerprint density at radius 2 is 1.67 bits per heavy atom. The van der Waals surface area contributed by atoms with Gasteiger partial charge in [-0.2, -0.15) is 0 Å². The van der Waals surface area contributed by atoms with Gasteiger partial charge in [0.2, 0.25) is 0 Å². The second kappa shape index (κ2) is 9.32. The average Bonchev–Trinajstić information content (AvgIpc) is 2.52. The Balaban J connectivity index is 2.73. The van der Waals surface area contributed by atoms with E-state index < -0.39 is 0 Å². The van der Waals surface area contributed by atoms with Crippen LogP contribution < -0.4 is 4.90 Å². The van der Waals surface area contributed by atoms with E-state index in [0.717, 1.165) is 51.1 Å². The van der Waals surface area contributed by atoms with Gasteiger partial charge in [-0.25, -0.2) is 0 Å². The summed E-state index contributed by atoms with van der Waals surface area (Å²) in [5, 5.41) is 8.29. The van der Waals surface area contributed by atoms with Crippen LogP contribution in [0.3, 0.4) is 0 Å². The molecule has 0 radical (unpaired) electrons. The maximum Gasteiger partial charge on any atom is 0.274 e. The Morgan fingerprint density at radius 3 is 2.14 bits per heavy atom. The molecule has 0 unspecified atom stereocenters. The predicted octanol–water partition coefficient (Wildman–Crippen LogP) is 2.98. The molecule has 118 valence electrons. The summed E-state index contributed by atoms with van der Waals surface area (Å²) >= 11 is 0. The van der Waals surface area contributed by atoms with E-state index in [0.29, 0.717) is 5.69 Å². The van der Waals surface area contributed by atoms with Crippen molar-refractivity contribution >= 4 is 11.7 Å². The van der Waals surface area contributed by atoms with Crippen LogP contribution in [-0.4, -0.2) is 47.7 Å². The number of amides is 1. The average molecular weight is 292 g/mol. The quantitative estimate of drug-likeness (QED) is 0.702. The van der Waals surface area contributed by atoms with E-state index in [4.69, 9.17) is 0 Å². The summed E-state index contributed by atoms with van der Waals surface area (Å²) in [6, 6.07) is 3.66. The molecule has 0 atom stereocenters. The Kier molecular flexibility index (Phi) is 7.72. The minimum atomic E-state index is -0.0195. The van der Waals surface area contributed by atoms with Gasteiger partial charge in [0.1, 0.15) is 0 Å². The number of hydrogen-bond acceptors (Lipinski definition) is 4. The number of aromatic nitrogens is 2. The summed E-state index contributed by atoms with van der Waals surface area (Å²) in [5.41, 5.74) is 0.435. The molecule has 0 saturated heterocycles. The van der Waals surface area contributed by atoms with Crippen molar-refractivity contribution < 1.29 is 4.79 Å². The van der Waals surface area contributed by atoms with Crippen molar-refractivity contribution in [3.8, 4) is 0 Å². The van der Waals surface area contributed by atoms with Gasteiger partial charge in [-0.3, -0.25) is 4.79 Å². The van der Waals surface area contributed by atoms with E-state index in [1.54, 1.807) is 6.07 Å². The van der Waals surface area contributed by atoms with Crippen LogP contribution >= 0.6 is 0 Å². The molecule has 1 aromatic heterocycles. The van der Waals surface area contributed by atoms with Gasteiger partial charge in [0, 0.05) is 26.7 Å². The first-order valence-corrected chi connectivity index (χ1v) is 7.98. The summed E-state index contributed by atoms with van der Waals surface area (Å²) in [5.74, 6) is 0.798. The van der Waals surface area contributed by atoms with Gasteiger partial charge in [0.15, 0.2) is 11.5 Å². The Labute approximate surface area is 128 Å². The number of carbonyl (C=O) groups is 1. The third kappa shape index (κ3) is 5.33. The molecule has 21 heavy (non-hydrogen) atoms. The van der Waals surface area contributed by atoms with Gasteiger partial charge in [0.25, 0.3) is 5.91 Å². The van der Waals surface area contributed by atoms with Gasteiger partial charge >= 0.3 is 0 Å². The van der Waals surface area contributed by atoms with E-state index in [1.807, 2.05) is 18.0 Å². The second-order valence-corrected chi connectivity index (χ2v) is 5.34. The fourth-order valence-corrected chi connectivity index (χ4v) is 2.17. The summed E-state index contributed by atoms with van der Waals surface area (Å²) < 4.78 is 0. The number of rotatable bonds is 9. The molecule has 0 aromatic carbocycles. The third-order valence-corrected chi connectivity index (χ3v) is 3.38. The highest BCUT2D eigenvalue weighted by Gasteiger charge is 2.16. The van der Waals surface area contributed by atoms with Crippen LogP contribution in [0.25, 0.3) is 0 Å². The first-order valence-electron chi connectivity index (χ1n) is 7.98. The van der Waals surface area contributed by atoms with Crippen LogP contribution in [0.1, 0.15) is 56.9 Å². The van der Waals surface area contributed by atoms with Gasteiger partial charge in [-0.15, -0.1) is 10.2 Å². The molecule has 1 heterocycles. The summed E-state index contributed by atoms with van der Waals surface area (Å²) in [4.78, 5) is 16.3. The molecule has 5 nitrogen and oxygen atoms in total. The van der Waals surface area contributed by atoms with Crippen molar-refractivity contribution in [2.24, 2.45) is 0 Å². The second-order valence-electron chi connectivity index (χ2n) is 5.34. The van der Waals surface area contributed by atoms with E-state index in [1.165, 1.54) is 0 Å². The van der Waals surface area contributed by atoms with Crippen molar-refractivity contribution in [3.63, 3.8) is 0 Å². The molecule has 1 rings (SSSR count). The molecule has 0 aliphatic rings. The predicted molar refractivity (Wildman–Crippen MR) is 86.7 cm³/mol. The highest BCUT2D eigenvalue weighted by Crippen LogP contribution is 2.10. The zero-order valence-electron chi connectivity index (χ0n) is 13.8. The highest BCUT2D eigenvalue weighted by atomic mass is 16.2. The Bertz CT molecular complexity index is 413. The zero-order chi connectivity index (χ0) is 15.7. The molecule has 1 aromatic rings. The normalized spacial score (nSPS) is 10.5. The van der Waals surface area contributed by atoms with Crippen molar-refractivity contribution in [3.05, 3.63) is 17.8 Å². The van der Waals surface area contributed by atoms with Crippen molar-refractivity contribution in [2.75, 3.05) is 31.6 Å². The lowest BCUT2D eigenvalue weighted by atomic mass is 10.3. The highest BCUT2D eigenvalue weighted by molar-refractivity contribution is 5.92. The molecule has 0 spiro atoms. The zero-order valence-corrected chi connectivity index (χ0v) is 13.8. The Morgan fingerprint density at radius 1 is 1.00 bits per heavy atom. The molecule has 0 aliphatic carbocycles. The van der Waals surface area contributed by atoms with E-state index in [-0.39, 0.29) is 5.91 Å². The lowest BCUT2D eigenvalue weighted by molar-refractivity contribution is 0.0748. The molecule has 0 saturated carbocycles. The molecule has 1 amide bonds. The van der Waals surface area contributed by atoms with Crippen LogP contribution in [-0.2, 0) is 0 Å². The SMILES string of the molecule is CCCCN(C)c1ccc(C(=O)N(CCC)CCC)nn1. The first-order chi connectivity index (χ1) is 10.1. The standard InChI is InChI=1S/C16H28N4O/c1-5-8-13-19(4)15-10-9-14(17-18-15)16(21)20(11-6-2)12-7-3/h9-10H,5-8,11-13H2,1-4H3. The summed E-state index contributed by atoms with van der Waals surface area (Å²) in [7, 11) is 2.00. The number of hydrogen-bond donors (Lipinski definition) is 0. The monoisotopic (exact) mass is 292 g/mol. The fourth-order valence-electron chi connectivity index (χ4n) is 2.17. The topological polar surface area (TPSA) is 49.3 Å². The number of anilines is 1. The van der Waals surface area contributed by atoms with Crippen LogP contribution in [0.2, 0.25) is 0 Å².